The van der Waals surface area contributed by atoms with Gasteiger partial charge in [-0.2, -0.15) is 5.10 Å². The van der Waals surface area contributed by atoms with Gasteiger partial charge in [0.05, 0.1) is 11.9 Å². The van der Waals surface area contributed by atoms with Gasteiger partial charge in [0.2, 0.25) is 5.91 Å². The van der Waals surface area contributed by atoms with Crippen molar-refractivity contribution in [3.63, 3.8) is 0 Å². The molecule has 1 amide bonds. The maximum absolute atomic E-state index is 11.9. The molecule has 0 saturated heterocycles. The number of aromatic nitrogens is 2. The van der Waals surface area contributed by atoms with Crippen molar-refractivity contribution in [2.75, 3.05) is 0 Å². The first-order valence-corrected chi connectivity index (χ1v) is 7.89. The number of rotatable bonds is 5. The lowest BCUT2D eigenvalue weighted by Gasteiger charge is -2.01. The van der Waals surface area contributed by atoms with E-state index >= 15 is 0 Å². The average molecular weight is 338 g/mol. The first kappa shape index (κ1) is 16.0. The largest absolute Gasteiger partial charge is 0.348 e. The zero-order valence-corrected chi connectivity index (χ0v) is 13.6. The van der Waals surface area contributed by atoms with E-state index in [1.807, 2.05) is 60.8 Å². The average Bonchev–Trinajstić information content (AvgIpc) is 3.09. The normalized spacial score (nSPS) is 10.9. The summed E-state index contributed by atoms with van der Waals surface area (Å²) in [5.74, 6) is -0.141. The molecule has 5 heteroatoms. The number of hydrogen-bond acceptors (Lipinski definition) is 2. The Morgan fingerprint density at radius 1 is 1.12 bits per heavy atom. The first-order valence-electron chi connectivity index (χ1n) is 7.51. The van der Waals surface area contributed by atoms with E-state index in [1.54, 1.807) is 17.0 Å². The lowest BCUT2D eigenvalue weighted by atomic mass is 10.2. The Labute approximate surface area is 145 Å². The van der Waals surface area contributed by atoms with Crippen molar-refractivity contribution in [1.82, 2.24) is 15.1 Å². The Kier molecular flexibility index (Phi) is 5.08. The van der Waals surface area contributed by atoms with Crippen molar-refractivity contribution < 1.29 is 4.79 Å². The second kappa shape index (κ2) is 7.62. The van der Waals surface area contributed by atoms with Gasteiger partial charge in [-0.3, -0.25) is 4.79 Å². The first-order chi connectivity index (χ1) is 11.7. The molecule has 0 fully saturated rings. The van der Waals surface area contributed by atoms with Crippen LogP contribution >= 0.6 is 11.6 Å². The highest BCUT2D eigenvalue weighted by molar-refractivity contribution is 6.30. The van der Waals surface area contributed by atoms with Crippen molar-refractivity contribution in [2.24, 2.45) is 0 Å². The van der Waals surface area contributed by atoms with E-state index in [0.717, 1.165) is 16.8 Å². The molecule has 0 unspecified atom stereocenters. The molecule has 3 rings (SSSR count). The number of amides is 1. The van der Waals surface area contributed by atoms with Crippen molar-refractivity contribution in [3.05, 3.63) is 89.2 Å². The van der Waals surface area contributed by atoms with E-state index in [-0.39, 0.29) is 5.91 Å². The molecule has 4 nitrogen and oxygen atoms in total. The number of benzene rings is 2. The summed E-state index contributed by atoms with van der Waals surface area (Å²) < 4.78 is 1.75. The summed E-state index contributed by atoms with van der Waals surface area (Å²) in [5, 5.41) is 7.82. The zero-order valence-electron chi connectivity index (χ0n) is 12.9. The number of nitrogens with zero attached hydrogens (tertiary/aromatic N) is 2. The van der Waals surface area contributed by atoms with E-state index in [4.69, 9.17) is 11.6 Å². The predicted molar refractivity (Wildman–Crippen MR) is 95.9 cm³/mol. The minimum absolute atomic E-state index is 0.141. The van der Waals surface area contributed by atoms with Crippen molar-refractivity contribution in [1.29, 1.82) is 0 Å². The molecule has 0 atom stereocenters. The van der Waals surface area contributed by atoms with Crippen LogP contribution in [0.2, 0.25) is 5.02 Å². The minimum Gasteiger partial charge on any atom is -0.348 e. The zero-order chi connectivity index (χ0) is 16.8. The fraction of sp³-hybridized carbons (Fsp3) is 0.0526. The molecule has 3 aromatic rings. The van der Waals surface area contributed by atoms with Gasteiger partial charge in [0, 0.05) is 29.4 Å². The van der Waals surface area contributed by atoms with Crippen LogP contribution in [0.5, 0.6) is 0 Å². The lowest BCUT2D eigenvalue weighted by Crippen LogP contribution is -2.19. The molecule has 0 spiro atoms. The fourth-order valence-electron chi connectivity index (χ4n) is 2.17. The quantitative estimate of drug-likeness (QED) is 0.719. The number of carbonyl (C=O) groups excluding carboxylic acids is 1. The molecule has 0 aliphatic rings. The van der Waals surface area contributed by atoms with Crippen molar-refractivity contribution in [3.8, 4) is 5.69 Å². The number of carbonyl (C=O) groups is 1. The van der Waals surface area contributed by atoms with E-state index < -0.39 is 0 Å². The lowest BCUT2D eigenvalue weighted by molar-refractivity contribution is -0.116. The molecule has 2 aromatic carbocycles. The molecule has 1 heterocycles. The van der Waals surface area contributed by atoms with Crippen LogP contribution in [0.25, 0.3) is 11.8 Å². The van der Waals surface area contributed by atoms with Gasteiger partial charge in [0.15, 0.2) is 0 Å². The van der Waals surface area contributed by atoms with Gasteiger partial charge in [-0.15, -0.1) is 0 Å². The van der Waals surface area contributed by atoms with Gasteiger partial charge in [-0.25, -0.2) is 4.68 Å². The van der Waals surface area contributed by atoms with E-state index in [2.05, 4.69) is 10.4 Å². The fourth-order valence-corrected chi connectivity index (χ4v) is 2.30. The molecular weight excluding hydrogens is 322 g/mol. The Morgan fingerprint density at radius 2 is 1.88 bits per heavy atom. The summed E-state index contributed by atoms with van der Waals surface area (Å²) in [4.78, 5) is 11.9. The standard InChI is InChI=1S/C19H16ClN3O/c20-17-7-9-18(10-8-17)23-14-16(13-22-23)12-21-19(24)11-6-15-4-2-1-3-5-15/h1-11,13-14H,12H2,(H,21,24)/b11-6+. The van der Waals surface area contributed by atoms with E-state index in [1.165, 1.54) is 6.08 Å². The molecule has 0 bridgehead atoms. The summed E-state index contributed by atoms with van der Waals surface area (Å²) in [6.45, 7) is 0.422. The third-order valence-corrected chi connectivity index (χ3v) is 3.67. The molecular formula is C19H16ClN3O. The second-order valence-electron chi connectivity index (χ2n) is 5.23. The predicted octanol–water partition coefficient (Wildman–Crippen LogP) is 3.86. The molecule has 0 radical (unpaired) electrons. The summed E-state index contributed by atoms with van der Waals surface area (Å²) in [7, 11) is 0. The van der Waals surface area contributed by atoms with Crippen LogP contribution in [0, 0.1) is 0 Å². The molecule has 1 N–H and O–H groups in total. The molecule has 120 valence electrons. The van der Waals surface area contributed by atoms with Crippen LogP contribution in [0.4, 0.5) is 0 Å². The van der Waals surface area contributed by atoms with Gasteiger partial charge in [-0.1, -0.05) is 41.9 Å². The van der Waals surface area contributed by atoms with Crippen LogP contribution in [-0.2, 0) is 11.3 Å². The van der Waals surface area contributed by atoms with E-state index in [9.17, 15) is 4.79 Å². The van der Waals surface area contributed by atoms with Gasteiger partial charge >= 0.3 is 0 Å². The topological polar surface area (TPSA) is 46.9 Å². The number of hydrogen-bond donors (Lipinski definition) is 1. The Hall–Kier alpha value is -2.85. The Morgan fingerprint density at radius 3 is 2.62 bits per heavy atom. The number of nitrogens with one attached hydrogen (secondary N) is 1. The van der Waals surface area contributed by atoms with Crippen LogP contribution in [0.15, 0.2) is 73.1 Å². The third kappa shape index (κ3) is 4.33. The van der Waals surface area contributed by atoms with Crippen LogP contribution in [0.3, 0.4) is 0 Å². The highest BCUT2D eigenvalue weighted by Crippen LogP contribution is 2.13. The third-order valence-electron chi connectivity index (χ3n) is 3.42. The van der Waals surface area contributed by atoms with Gasteiger partial charge < -0.3 is 5.32 Å². The van der Waals surface area contributed by atoms with Crippen LogP contribution in [-0.4, -0.2) is 15.7 Å². The van der Waals surface area contributed by atoms with Crippen LogP contribution < -0.4 is 5.32 Å². The summed E-state index contributed by atoms with van der Waals surface area (Å²) in [5.41, 5.74) is 2.83. The summed E-state index contributed by atoms with van der Waals surface area (Å²) in [6.07, 6.45) is 6.92. The SMILES string of the molecule is O=C(/C=C/c1ccccc1)NCc1cnn(-c2ccc(Cl)cc2)c1. The molecule has 0 saturated carbocycles. The summed E-state index contributed by atoms with van der Waals surface area (Å²) >= 11 is 5.88. The number of halogens is 1. The van der Waals surface area contributed by atoms with Gasteiger partial charge in [0.25, 0.3) is 0 Å². The van der Waals surface area contributed by atoms with Crippen molar-refractivity contribution >= 4 is 23.6 Å². The minimum atomic E-state index is -0.141. The molecule has 24 heavy (non-hydrogen) atoms. The van der Waals surface area contributed by atoms with Gasteiger partial charge in [-0.05, 0) is 35.9 Å². The van der Waals surface area contributed by atoms with Gasteiger partial charge in [0.1, 0.15) is 0 Å². The molecule has 0 aliphatic carbocycles. The highest BCUT2D eigenvalue weighted by atomic mass is 35.5. The van der Waals surface area contributed by atoms with Crippen LogP contribution in [0.1, 0.15) is 11.1 Å². The molecule has 0 aliphatic heterocycles. The maximum atomic E-state index is 11.9. The molecule has 1 aromatic heterocycles. The monoisotopic (exact) mass is 337 g/mol. The van der Waals surface area contributed by atoms with Crippen molar-refractivity contribution in [2.45, 2.75) is 6.54 Å². The summed E-state index contributed by atoms with van der Waals surface area (Å²) in [6, 6.07) is 17.1. The Bertz CT molecular complexity index is 839. The maximum Gasteiger partial charge on any atom is 0.244 e. The highest BCUT2D eigenvalue weighted by Gasteiger charge is 2.02. The second-order valence-corrected chi connectivity index (χ2v) is 5.67. The smallest absolute Gasteiger partial charge is 0.244 e. The van der Waals surface area contributed by atoms with E-state index in [0.29, 0.717) is 11.6 Å². The Balaban J connectivity index is 1.56.